The fourth-order valence-corrected chi connectivity index (χ4v) is 2.15. The van der Waals surface area contributed by atoms with Crippen LogP contribution in [-0.4, -0.2) is 24.9 Å². The number of aliphatic hydroxyl groups is 1. The lowest BCUT2D eigenvalue weighted by atomic mass is 10.1. The monoisotopic (exact) mass is 329 g/mol. The summed E-state index contributed by atoms with van der Waals surface area (Å²) >= 11 is 3.52. The minimum Gasteiger partial charge on any atom is -0.492 e. The molecule has 1 aromatic rings. The quantitative estimate of drug-likeness (QED) is 0.769. The van der Waals surface area contributed by atoms with Gasteiger partial charge in [-0.05, 0) is 34.5 Å². The number of hydrogen-bond donors (Lipinski definition) is 2. The number of benzene rings is 1. The summed E-state index contributed by atoms with van der Waals surface area (Å²) in [5.41, 5.74) is 1.14. The molecular weight excluding hydrogens is 306 g/mol. The van der Waals surface area contributed by atoms with Crippen molar-refractivity contribution in [3.63, 3.8) is 0 Å². The molecule has 0 saturated carbocycles. The number of halogens is 1. The van der Waals surface area contributed by atoms with E-state index in [9.17, 15) is 0 Å². The first-order valence-electron chi connectivity index (χ1n) is 6.76. The smallest absolute Gasteiger partial charge is 0.137 e. The van der Waals surface area contributed by atoms with Crippen molar-refractivity contribution in [2.24, 2.45) is 11.8 Å². The van der Waals surface area contributed by atoms with Crippen LogP contribution in [0.2, 0.25) is 0 Å². The Morgan fingerprint density at radius 1 is 1.32 bits per heavy atom. The standard InChI is InChI=1S/C15H24BrNO2/c1-11(2)7-17-8-13-5-4-6-14(16)15(13)19-10-12(3)9-18/h4-6,11-12,17-18H,7-10H2,1-3H3. The van der Waals surface area contributed by atoms with Crippen LogP contribution in [0.4, 0.5) is 0 Å². The second kappa shape index (κ2) is 8.56. The first kappa shape index (κ1) is 16.5. The number of rotatable bonds is 8. The Balaban J connectivity index is 2.66. The van der Waals surface area contributed by atoms with E-state index >= 15 is 0 Å². The number of nitrogens with one attached hydrogen (secondary N) is 1. The third-order valence-electron chi connectivity index (χ3n) is 2.74. The van der Waals surface area contributed by atoms with E-state index in [0.29, 0.717) is 12.5 Å². The van der Waals surface area contributed by atoms with E-state index in [-0.39, 0.29) is 12.5 Å². The van der Waals surface area contributed by atoms with Gasteiger partial charge in [-0.15, -0.1) is 0 Å². The molecule has 108 valence electrons. The van der Waals surface area contributed by atoms with Crippen LogP contribution in [0.3, 0.4) is 0 Å². The van der Waals surface area contributed by atoms with E-state index in [0.717, 1.165) is 28.9 Å². The van der Waals surface area contributed by atoms with E-state index in [1.54, 1.807) is 0 Å². The maximum atomic E-state index is 9.05. The zero-order chi connectivity index (χ0) is 14.3. The molecule has 0 aromatic heterocycles. The molecule has 0 amide bonds. The molecule has 0 heterocycles. The minimum atomic E-state index is 0.142. The van der Waals surface area contributed by atoms with Crippen molar-refractivity contribution in [2.75, 3.05) is 19.8 Å². The van der Waals surface area contributed by atoms with Gasteiger partial charge in [-0.3, -0.25) is 0 Å². The summed E-state index contributed by atoms with van der Waals surface area (Å²) in [5.74, 6) is 1.65. The first-order chi connectivity index (χ1) is 9.04. The van der Waals surface area contributed by atoms with Crippen LogP contribution < -0.4 is 10.1 Å². The molecule has 0 bridgehead atoms. The highest BCUT2D eigenvalue weighted by Crippen LogP contribution is 2.29. The van der Waals surface area contributed by atoms with Crippen LogP contribution in [0.1, 0.15) is 26.3 Å². The maximum Gasteiger partial charge on any atom is 0.137 e. The third kappa shape index (κ3) is 5.93. The summed E-state index contributed by atoms with van der Waals surface area (Å²) in [5, 5.41) is 12.5. The molecular formula is C15H24BrNO2. The topological polar surface area (TPSA) is 41.5 Å². The molecule has 19 heavy (non-hydrogen) atoms. The fourth-order valence-electron chi connectivity index (χ4n) is 1.63. The molecule has 1 atom stereocenters. The van der Waals surface area contributed by atoms with Gasteiger partial charge in [0.05, 0.1) is 11.1 Å². The molecule has 0 radical (unpaired) electrons. The Bertz CT molecular complexity index is 382. The Morgan fingerprint density at radius 3 is 2.68 bits per heavy atom. The molecule has 0 saturated heterocycles. The first-order valence-corrected chi connectivity index (χ1v) is 7.55. The summed E-state index contributed by atoms with van der Waals surface area (Å²) in [6.07, 6.45) is 0. The summed E-state index contributed by atoms with van der Waals surface area (Å²) in [7, 11) is 0. The van der Waals surface area contributed by atoms with Crippen molar-refractivity contribution in [3.05, 3.63) is 28.2 Å². The van der Waals surface area contributed by atoms with Gasteiger partial charge in [0.2, 0.25) is 0 Å². The molecule has 0 aliphatic heterocycles. The lowest BCUT2D eigenvalue weighted by Crippen LogP contribution is -2.20. The van der Waals surface area contributed by atoms with Gasteiger partial charge in [-0.1, -0.05) is 32.9 Å². The van der Waals surface area contributed by atoms with Crippen LogP contribution in [0.5, 0.6) is 5.75 Å². The van der Waals surface area contributed by atoms with E-state index in [2.05, 4.69) is 41.2 Å². The Labute approximate surface area is 124 Å². The largest absolute Gasteiger partial charge is 0.492 e. The van der Waals surface area contributed by atoms with Crippen molar-refractivity contribution < 1.29 is 9.84 Å². The third-order valence-corrected chi connectivity index (χ3v) is 3.36. The number of aliphatic hydroxyl groups excluding tert-OH is 1. The zero-order valence-corrected chi connectivity index (χ0v) is 13.5. The van der Waals surface area contributed by atoms with Gasteiger partial charge >= 0.3 is 0 Å². The SMILES string of the molecule is CC(C)CNCc1cccc(Br)c1OCC(C)CO. The van der Waals surface area contributed by atoms with Gasteiger partial charge in [-0.2, -0.15) is 0 Å². The van der Waals surface area contributed by atoms with Crippen LogP contribution in [0.25, 0.3) is 0 Å². The predicted molar refractivity (Wildman–Crippen MR) is 82.4 cm³/mol. The summed E-state index contributed by atoms with van der Waals surface area (Å²) in [6, 6.07) is 6.06. The average Bonchev–Trinajstić information content (AvgIpc) is 2.37. The highest BCUT2D eigenvalue weighted by molar-refractivity contribution is 9.10. The van der Waals surface area contributed by atoms with Gasteiger partial charge < -0.3 is 15.2 Å². The van der Waals surface area contributed by atoms with Crippen LogP contribution in [0, 0.1) is 11.8 Å². The van der Waals surface area contributed by atoms with Gasteiger partial charge in [-0.25, -0.2) is 0 Å². The molecule has 0 aliphatic carbocycles. The normalized spacial score (nSPS) is 12.7. The zero-order valence-electron chi connectivity index (χ0n) is 11.9. The van der Waals surface area contributed by atoms with Crippen molar-refractivity contribution in [2.45, 2.75) is 27.3 Å². The van der Waals surface area contributed by atoms with Gasteiger partial charge in [0, 0.05) is 24.6 Å². The van der Waals surface area contributed by atoms with E-state index in [4.69, 9.17) is 9.84 Å². The Kier molecular flexibility index (Phi) is 7.42. The second-order valence-electron chi connectivity index (χ2n) is 5.35. The highest BCUT2D eigenvalue weighted by atomic mass is 79.9. The van der Waals surface area contributed by atoms with Crippen molar-refractivity contribution in [3.8, 4) is 5.75 Å². The van der Waals surface area contributed by atoms with Crippen LogP contribution >= 0.6 is 15.9 Å². The molecule has 3 nitrogen and oxygen atoms in total. The summed E-state index contributed by atoms with van der Waals surface area (Å²) < 4.78 is 6.79. The van der Waals surface area contributed by atoms with Crippen molar-refractivity contribution in [1.29, 1.82) is 0 Å². The number of ether oxygens (including phenoxy) is 1. The van der Waals surface area contributed by atoms with Gasteiger partial charge in [0.1, 0.15) is 5.75 Å². The summed E-state index contributed by atoms with van der Waals surface area (Å²) in [4.78, 5) is 0. The Morgan fingerprint density at radius 2 is 2.05 bits per heavy atom. The fraction of sp³-hybridized carbons (Fsp3) is 0.600. The predicted octanol–water partition coefficient (Wildman–Crippen LogP) is 3.20. The molecule has 0 aliphatic rings. The summed E-state index contributed by atoms with van der Waals surface area (Å²) in [6.45, 7) is 8.79. The van der Waals surface area contributed by atoms with E-state index in [1.165, 1.54) is 0 Å². The van der Waals surface area contributed by atoms with Gasteiger partial charge in [0.15, 0.2) is 0 Å². The van der Waals surface area contributed by atoms with Gasteiger partial charge in [0.25, 0.3) is 0 Å². The lowest BCUT2D eigenvalue weighted by molar-refractivity contribution is 0.173. The maximum absolute atomic E-state index is 9.05. The van der Waals surface area contributed by atoms with Crippen LogP contribution in [0.15, 0.2) is 22.7 Å². The molecule has 1 aromatic carbocycles. The number of hydrogen-bond acceptors (Lipinski definition) is 3. The Hall–Kier alpha value is -0.580. The highest BCUT2D eigenvalue weighted by Gasteiger charge is 2.10. The van der Waals surface area contributed by atoms with Crippen LogP contribution in [-0.2, 0) is 6.54 Å². The lowest BCUT2D eigenvalue weighted by Gasteiger charge is -2.16. The minimum absolute atomic E-state index is 0.142. The second-order valence-corrected chi connectivity index (χ2v) is 6.21. The molecule has 2 N–H and O–H groups in total. The van der Waals surface area contributed by atoms with Crippen molar-refractivity contribution >= 4 is 15.9 Å². The molecule has 1 unspecified atom stereocenters. The van der Waals surface area contributed by atoms with Crippen molar-refractivity contribution in [1.82, 2.24) is 5.32 Å². The molecule has 4 heteroatoms. The number of para-hydroxylation sites is 1. The molecule has 0 fully saturated rings. The van der Waals surface area contributed by atoms with E-state index in [1.807, 2.05) is 19.1 Å². The van der Waals surface area contributed by atoms with E-state index < -0.39 is 0 Å². The molecule has 0 spiro atoms. The average molecular weight is 330 g/mol. The molecule has 1 rings (SSSR count).